The highest BCUT2D eigenvalue weighted by molar-refractivity contribution is 5.92. The third-order valence-electron chi connectivity index (χ3n) is 3.57. The summed E-state index contributed by atoms with van der Waals surface area (Å²) >= 11 is 0. The number of carbonyl (C=O) groups excluding carboxylic acids is 1. The summed E-state index contributed by atoms with van der Waals surface area (Å²) in [6.45, 7) is 4.16. The fourth-order valence-corrected chi connectivity index (χ4v) is 2.21. The Morgan fingerprint density at radius 3 is 2.89 bits per heavy atom. The summed E-state index contributed by atoms with van der Waals surface area (Å²) in [4.78, 5) is 20.5. The molecule has 19 heavy (non-hydrogen) atoms. The number of rotatable bonds is 5. The largest absolute Gasteiger partial charge is 0.352 e. The molecule has 1 aromatic rings. The minimum absolute atomic E-state index is 0.0958. The molecule has 1 saturated carbocycles. The average Bonchev–Trinajstić information content (AvgIpc) is 2.91. The van der Waals surface area contributed by atoms with Crippen molar-refractivity contribution in [3.63, 3.8) is 0 Å². The van der Waals surface area contributed by atoms with Crippen LogP contribution in [-0.4, -0.2) is 28.0 Å². The van der Waals surface area contributed by atoms with Crippen LogP contribution in [0.2, 0.25) is 0 Å². The minimum atomic E-state index is -0.0958. The molecule has 0 aromatic carbocycles. The summed E-state index contributed by atoms with van der Waals surface area (Å²) in [7, 11) is 0. The topological polar surface area (TPSA) is 66.9 Å². The van der Waals surface area contributed by atoms with Crippen molar-refractivity contribution in [3.05, 3.63) is 18.0 Å². The molecule has 5 nitrogen and oxygen atoms in total. The molecule has 0 spiro atoms. The smallest absolute Gasteiger partial charge is 0.270 e. The van der Waals surface area contributed by atoms with Crippen molar-refractivity contribution in [1.29, 1.82) is 0 Å². The first kappa shape index (κ1) is 13.8. The van der Waals surface area contributed by atoms with Gasteiger partial charge in [0.2, 0.25) is 5.95 Å². The van der Waals surface area contributed by atoms with Crippen LogP contribution in [0.5, 0.6) is 0 Å². The molecular weight excluding hydrogens is 240 g/mol. The van der Waals surface area contributed by atoms with Gasteiger partial charge in [0.05, 0.1) is 0 Å². The van der Waals surface area contributed by atoms with E-state index in [0.29, 0.717) is 23.7 Å². The third-order valence-corrected chi connectivity index (χ3v) is 3.57. The van der Waals surface area contributed by atoms with Crippen molar-refractivity contribution in [2.24, 2.45) is 0 Å². The van der Waals surface area contributed by atoms with Crippen LogP contribution in [0.25, 0.3) is 0 Å². The van der Waals surface area contributed by atoms with Crippen molar-refractivity contribution in [2.75, 3.05) is 5.32 Å². The van der Waals surface area contributed by atoms with E-state index >= 15 is 0 Å². The van der Waals surface area contributed by atoms with Gasteiger partial charge in [-0.3, -0.25) is 4.79 Å². The second-order valence-corrected chi connectivity index (χ2v) is 5.17. The Hall–Kier alpha value is -1.65. The molecule has 1 aliphatic carbocycles. The van der Waals surface area contributed by atoms with Crippen LogP contribution < -0.4 is 10.6 Å². The van der Waals surface area contributed by atoms with Gasteiger partial charge in [-0.2, -0.15) is 0 Å². The zero-order valence-electron chi connectivity index (χ0n) is 11.6. The molecule has 0 radical (unpaired) electrons. The molecular formula is C14H22N4O. The highest BCUT2D eigenvalue weighted by Gasteiger charge is 2.18. The van der Waals surface area contributed by atoms with Gasteiger partial charge in [0.1, 0.15) is 5.69 Å². The number of anilines is 1. The van der Waals surface area contributed by atoms with Gasteiger partial charge in [-0.1, -0.05) is 19.8 Å². The lowest BCUT2D eigenvalue weighted by molar-refractivity contribution is 0.0933. The van der Waals surface area contributed by atoms with E-state index in [0.717, 1.165) is 19.3 Å². The molecule has 2 rings (SSSR count). The Kier molecular flexibility index (Phi) is 4.71. The van der Waals surface area contributed by atoms with E-state index < -0.39 is 0 Å². The van der Waals surface area contributed by atoms with Gasteiger partial charge in [-0.05, 0) is 32.3 Å². The molecule has 1 fully saturated rings. The fourth-order valence-electron chi connectivity index (χ4n) is 2.21. The van der Waals surface area contributed by atoms with E-state index in [1.54, 1.807) is 12.3 Å². The molecule has 1 heterocycles. The van der Waals surface area contributed by atoms with Crippen LogP contribution in [0, 0.1) is 0 Å². The van der Waals surface area contributed by atoms with Gasteiger partial charge in [0, 0.05) is 18.3 Å². The quantitative estimate of drug-likeness (QED) is 0.855. The molecule has 0 aliphatic heterocycles. The number of aromatic nitrogens is 2. The summed E-state index contributed by atoms with van der Waals surface area (Å²) in [5.41, 5.74) is 0.438. The number of hydrogen-bond acceptors (Lipinski definition) is 4. The minimum Gasteiger partial charge on any atom is -0.352 e. The molecule has 1 unspecified atom stereocenters. The molecule has 104 valence electrons. The van der Waals surface area contributed by atoms with Crippen LogP contribution in [0.3, 0.4) is 0 Å². The van der Waals surface area contributed by atoms with Crippen molar-refractivity contribution >= 4 is 11.9 Å². The van der Waals surface area contributed by atoms with Crippen molar-refractivity contribution in [2.45, 2.75) is 58.0 Å². The normalized spacial score (nSPS) is 17.2. The van der Waals surface area contributed by atoms with Crippen molar-refractivity contribution in [1.82, 2.24) is 15.3 Å². The Bertz CT molecular complexity index is 429. The van der Waals surface area contributed by atoms with Gasteiger partial charge in [-0.15, -0.1) is 0 Å². The number of nitrogens with zero attached hydrogens (tertiary/aromatic N) is 2. The van der Waals surface area contributed by atoms with E-state index in [1.165, 1.54) is 12.8 Å². The molecule has 2 N–H and O–H groups in total. The van der Waals surface area contributed by atoms with Gasteiger partial charge in [-0.25, -0.2) is 9.97 Å². The predicted molar refractivity (Wildman–Crippen MR) is 75.1 cm³/mol. The second kappa shape index (κ2) is 6.50. The number of carbonyl (C=O) groups is 1. The average molecular weight is 262 g/mol. The summed E-state index contributed by atoms with van der Waals surface area (Å²) in [5.74, 6) is 0.426. The Morgan fingerprint density at radius 1 is 1.47 bits per heavy atom. The predicted octanol–water partition coefficient (Wildman–Crippen LogP) is 2.36. The fraction of sp³-hybridized carbons (Fsp3) is 0.643. The molecule has 1 amide bonds. The summed E-state index contributed by atoms with van der Waals surface area (Å²) in [5, 5.41) is 6.21. The Labute approximate surface area is 114 Å². The van der Waals surface area contributed by atoms with Gasteiger partial charge >= 0.3 is 0 Å². The lowest BCUT2D eigenvalue weighted by atomic mass is 10.2. The van der Waals surface area contributed by atoms with E-state index in [4.69, 9.17) is 0 Å². The lowest BCUT2D eigenvalue weighted by Crippen LogP contribution is -2.33. The van der Waals surface area contributed by atoms with Gasteiger partial charge < -0.3 is 10.6 Å². The van der Waals surface area contributed by atoms with Crippen LogP contribution in [0.1, 0.15) is 56.4 Å². The monoisotopic (exact) mass is 262 g/mol. The van der Waals surface area contributed by atoms with Crippen LogP contribution >= 0.6 is 0 Å². The first-order valence-corrected chi connectivity index (χ1v) is 7.09. The van der Waals surface area contributed by atoms with E-state index in [-0.39, 0.29) is 5.91 Å². The summed E-state index contributed by atoms with van der Waals surface area (Å²) in [6, 6.07) is 2.27. The molecule has 1 aliphatic rings. The van der Waals surface area contributed by atoms with Crippen LogP contribution in [0.15, 0.2) is 12.3 Å². The maximum Gasteiger partial charge on any atom is 0.270 e. The zero-order chi connectivity index (χ0) is 13.7. The van der Waals surface area contributed by atoms with E-state index in [2.05, 4.69) is 34.4 Å². The lowest BCUT2D eigenvalue weighted by Gasteiger charge is -2.13. The second-order valence-electron chi connectivity index (χ2n) is 5.17. The first-order chi connectivity index (χ1) is 9.19. The highest BCUT2D eigenvalue weighted by Crippen LogP contribution is 2.18. The third kappa shape index (κ3) is 3.91. The molecule has 1 atom stereocenters. The SMILES string of the molecule is CCC(C)Nc1nccc(C(=O)NC2CCCC2)n1. The van der Waals surface area contributed by atoms with E-state index in [9.17, 15) is 4.79 Å². The summed E-state index contributed by atoms with van der Waals surface area (Å²) < 4.78 is 0. The molecule has 0 bridgehead atoms. The molecule has 0 saturated heterocycles. The highest BCUT2D eigenvalue weighted by atomic mass is 16.1. The van der Waals surface area contributed by atoms with Crippen LogP contribution in [0.4, 0.5) is 5.95 Å². The number of hydrogen-bond donors (Lipinski definition) is 2. The van der Waals surface area contributed by atoms with Crippen molar-refractivity contribution in [3.8, 4) is 0 Å². The standard InChI is InChI=1S/C14H22N4O/c1-3-10(2)16-14-15-9-8-12(18-14)13(19)17-11-6-4-5-7-11/h8-11H,3-7H2,1-2H3,(H,17,19)(H,15,16,18). The van der Waals surface area contributed by atoms with E-state index in [1.807, 2.05) is 0 Å². The van der Waals surface area contributed by atoms with Crippen molar-refractivity contribution < 1.29 is 4.79 Å². The Morgan fingerprint density at radius 2 is 2.21 bits per heavy atom. The zero-order valence-corrected chi connectivity index (χ0v) is 11.6. The number of amides is 1. The maximum atomic E-state index is 12.1. The van der Waals surface area contributed by atoms with Crippen LogP contribution in [-0.2, 0) is 0 Å². The maximum absolute atomic E-state index is 12.1. The molecule has 5 heteroatoms. The Balaban J connectivity index is 1.98. The summed E-state index contributed by atoms with van der Waals surface area (Å²) in [6.07, 6.45) is 7.18. The van der Waals surface area contributed by atoms with Gasteiger partial charge in [0.25, 0.3) is 5.91 Å². The molecule has 1 aromatic heterocycles. The number of nitrogens with one attached hydrogen (secondary N) is 2. The van der Waals surface area contributed by atoms with Gasteiger partial charge in [0.15, 0.2) is 0 Å². The first-order valence-electron chi connectivity index (χ1n) is 7.09.